The number of hydrogen-bond donors (Lipinski definition) is 1. The Morgan fingerprint density at radius 2 is 1.22 bits per heavy atom. The van der Waals surface area contributed by atoms with E-state index in [2.05, 4.69) is 84.7 Å². The Balaban J connectivity index is 1.75. The van der Waals surface area contributed by atoms with Gasteiger partial charge in [0, 0.05) is 23.5 Å². The monoisotopic (exact) mass is 548 g/mol. The van der Waals surface area contributed by atoms with Crippen LogP contribution in [-0.2, 0) is 9.53 Å². The molecule has 41 heavy (non-hydrogen) atoms. The van der Waals surface area contributed by atoms with Crippen molar-refractivity contribution in [3.63, 3.8) is 0 Å². The zero-order valence-corrected chi connectivity index (χ0v) is 24.2. The van der Waals surface area contributed by atoms with Crippen molar-refractivity contribution in [2.24, 2.45) is 0 Å². The summed E-state index contributed by atoms with van der Waals surface area (Å²) in [5, 5.41) is 3.59. The predicted octanol–water partition coefficient (Wildman–Crippen LogP) is 7.55. The van der Waals surface area contributed by atoms with Gasteiger partial charge in [-0.25, -0.2) is 4.79 Å². The van der Waals surface area contributed by atoms with Crippen LogP contribution in [-0.4, -0.2) is 27.3 Å². The Morgan fingerprint density at radius 3 is 1.73 bits per heavy atom. The molecular formula is C35H36N2O4. The summed E-state index contributed by atoms with van der Waals surface area (Å²) >= 11 is 0. The van der Waals surface area contributed by atoms with Gasteiger partial charge in [0.25, 0.3) is 0 Å². The Bertz CT molecular complexity index is 1510. The average Bonchev–Trinajstić information content (AvgIpc) is 3.01. The maximum Gasteiger partial charge on any atom is 0.337 e. The van der Waals surface area contributed by atoms with Crippen molar-refractivity contribution in [3.05, 3.63) is 131 Å². The van der Waals surface area contributed by atoms with E-state index in [9.17, 15) is 4.79 Å². The first-order chi connectivity index (χ1) is 19.9. The number of nitrogens with zero attached hydrogens (tertiary/aromatic N) is 1. The van der Waals surface area contributed by atoms with E-state index in [0.29, 0.717) is 12.0 Å². The molecule has 2 atom stereocenters. The maximum absolute atomic E-state index is 13.7. The first-order valence-corrected chi connectivity index (χ1v) is 13.7. The zero-order chi connectivity index (χ0) is 28.9. The van der Waals surface area contributed by atoms with E-state index >= 15 is 0 Å². The molecule has 1 heterocycles. The summed E-state index contributed by atoms with van der Waals surface area (Å²) < 4.78 is 16.3. The topological polar surface area (TPSA) is 60.0 Å². The molecule has 4 aromatic rings. The van der Waals surface area contributed by atoms with Crippen LogP contribution < -0.4 is 19.7 Å². The highest BCUT2D eigenvalue weighted by molar-refractivity contribution is 5.93. The SMILES string of the molecule is COC(=O)C1=C(Nc2ccc(OC)cc2)C[C@@H](c2ccc(C)cc2)N(c2ccc(OC)cc2)[C@@H]1c1ccc(C)cc1. The van der Waals surface area contributed by atoms with Crippen molar-refractivity contribution in [1.29, 1.82) is 0 Å². The lowest BCUT2D eigenvalue weighted by Crippen LogP contribution is -2.41. The number of nitrogens with one attached hydrogen (secondary N) is 1. The minimum absolute atomic E-state index is 0.0792. The number of carbonyl (C=O) groups is 1. The van der Waals surface area contributed by atoms with Crippen LogP contribution in [0.15, 0.2) is 108 Å². The van der Waals surface area contributed by atoms with E-state index in [1.165, 1.54) is 12.7 Å². The molecule has 0 unspecified atom stereocenters. The molecule has 0 saturated heterocycles. The molecule has 0 fully saturated rings. The molecule has 4 aromatic carbocycles. The lowest BCUT2D eigenvalue weighted by Gasteiger charge is -2.46. The largest absolute Gasteiger partial charge is 0.497 e. The molecule has 1 aliphatic rings. The molecule has 6 nitrogen and oxygen atoms in total. The molecule has 0 aliphatic carbocycles. The molecular weight excluding hydrogens is 512 g/mol. The van der Waals surface area contributed by atoms with Gasteiger partial charge in [0.05, 0.1) is 39.0 Å². The van der Waals surface area contributed by atoms with Gasteiger partial charge in [0.2, 0.25) is 0 Å². The summed E-state index contributed by atoms with van der Waals surface area (Å²) in [5.74, 6) is 1.17. The van der Waals surface area contributed by atoms with Gasteiger partial charge in [-0.15, -0.1) is 0 Å². The summed E-state index contributed by atoms with van der Waals surface area (Å²) in [6.07, 6.45) is 0.563. The highest BCUT2D eigenvalue weighted by Gasteiger charge is 2.41. The second kappa shape index (κ2) is 12.2. The third-order valence-electron chi connectivity index (χ3n) is 7.63. The van der Waals surface area contributed by atoms with E-state index in [0.717, 1.165) is 45.3 Å². The highest BCUT2D eigenvalue weighted by atomic mass is 16.5. The highest BCUT2D eigenvalue weighted by Crippen LogP contribution is 2.48. The van der Waals surface area contributed by atoms with E-state index in [1.54, 1.807) is 14.2 Å². The van der Waals surface area contributed by atoms with Crippen molar-refractivity contribution in [1.82, 2.24) is 0 Å². The molecule has 0 aromatic heterocycles. The summed E-state index contributed by atoms with van der Waals surface area (Å²) in [4.78, 5) is 16.0. The smallest absolute Gasteiger partial charge is 0.337 e. The van der Waals surface area contributed by atoms with Crippen LogP contribution in [0.4, 0.5) is 11.4 Å². The van der Waals surface area contributed by atoms with Crippen molar-refractivity contribution >= 4 is 17.3 Å². The molecule has 0 amide bonds. The van der Waals surface area contributed by atoms with E-state index in [1.807, 2.05) is 36.4 Å². The van der Waals surface area contributed by atoms with Crippen LogP contribution in [0.25, 0.3) is 0 Å². The molecule has 1 N–H and O–H groups in total. The van der Waals surface area contributed by atoms with Crippen molar-refractivity contribution in [2.75, 3.05) is 31.5 Å². The Kier molecular flexibility index (Phi) is 8.29. The van der Waals surface area contributed by atoms with Crippen LogP contribution in [0.2, 0.25) is 0 Å². The Labute approximate surface area is 242 Å². The van der Waals surface area contributed by atoms with Gasteiger partial charge in [-0.1, -0.05) is 59.7 Å². The van der Waals surface area contributed by atoms with E-state index < -0.39 is 6.04 Å². The molecule has 0 saturated carbocycles. The van der Waals surface area contributed by atoms with Gasteiger partial charge in [-0.2, -0.15) is 0 Å². The molecule has 0 spiro atoms. The van der Waals surface area contributed by atoms with Crippen molar-refractivity contribution < 1.29 is 19.0 Å². The number of esters is 1. The van der Waals surface area contributed by atoms with Gasteiger partial charge in [0.15, 0.2) is 0 Å². The lowest BCUT2D eigenvalue weighted by atomic mass is 9.83. The minimum atomic E-state index is -0.419. The number of anilines is 2. The first kappa shape index (κ1) is 27.8. The normalized spacial score (nSPS) is 16.8. The standard InChI is InChI=1S/C35H36N2O4/c1-23-6-10-25(11-7-23)32-22-31(36-27-14-18-29(39-3)19-15-27)33(35(38)41-5)34(26-12-8-24(2)9-13-26)37(32)28-16-20-30(40-4)21-17-28/h6-21,32,34,36H,22H2,1-5H3/t32-,34+/m0/s1. The second-order valence-electron chi connectivity index (χ2n) is 10.3. The van der Waals surface area contributed by atoms with Crippen LogP contribution in [0, 0.1) is 13.8 Å². The van der Waals surface area contributed by atoms with E-state index in [-0.39, 0.29) is 12.0 Å². The number of ether oxygens (including phenoxy) is 3. The fourth-order valence-electron chi connectivity index (χ4n) is 5.42. The zero-order valence-electron chi connectivity index (χ0n) is 24.2. The number of methoxy groups -OCH3 is 3. The first-order valence-electron chi connectivity index (χ1n) is 13.7. The maximum atomic E-state index is 13.7. The van der Waals surface area contributed by atoms with Gasteiger partial charge in [-0.05, 0) is 73.5 Å². The molecule has 5 rings (SSSR count). The number of aryl methyl sites for hydroxylation is 2. The quantitative estimate of drug-likeness (QED) is 0.229. The summed E-state index contributed by atoms with van der Waals surface area (Å²) in [6.45, 7) is 4.15. The van der Waals surface area contributed by atoms with Crippen molar-refractivity contribution in [2.45, 2.75) is 32.4 Å². The summed E-state index contributed by atoms with van der Waals surface area (Å²) in [7, 11) is 4.75. The van der Waals surface area contributed by atoms with Crippen LogP contribution in [0.1, 0.15) is 40.8 Å². The molecule has 6 heteroatoms. The predicted molar refractivity (Wildman–Crippen MR) is 164 cm³/mol. The molecule has 0 bridgehead atoms. The molecule has 1 aliphatic heterocycles. The number of benzene rings is 4. The van der Waals surface area contributed by atoms with Crippen LogP contribution in [0.5, 0.6) is 11.5 Å². The molecule has 210 valence electrons. The number of rotatable bonds is 8. The van der Waals surface area contributed by atoms with Crippen LogP contribution in [0.3, 0.4) is 0 Å². The fourth-order valence-corrected chi connectivity index (χ4v) is 5.42. The average molecular weight is 549 g/mol. The van der Waals surface area contributed by atoms with Gasteiger partial charge in [-0.3, -0.25) is 0 Å². The summed E-state index contributed by atoms with van der Waals surface area (Å²) in [5.41, 5.74) is 7.74. The van der Waals surface area contributed by atoms with Crippen LogP contribution >= 0.6 is 0 Å². The van der Waals surface area contributed by atoms with Gasteiger partial charge < -0.3 is 24.4 Å². The van der Waals surface area contributed by atoms with Gasteiger partial charge in [0.1, 0.15) is 11.5 Å². The molecule has 0 radical (unpaired) electrons. The second-order valence-corrected chi connectivity index (χ2v) is 10.3. The fraction of sp³-hybridized carbons (Fsp3) is 0.229. The Hall–Kier alpha value is -4.71. The number of hydrogen-bond acceptors (Lipinski definition) is 6. The number of carbonyl (C=O) groups excluding carboxylic acids is 1. The Morgan fingerprint density at radius 1 is 0.707 bits per heavy atom. The third kappa shape index (κ3) is 5.92. The van der Waals surface area contributed by atoms with Crippen molar-refractivity contribution in [3.8, 4) is 11.5 Å². The lowest BCUT2D eigenvalue weighted by molar-refractivity contribution is -0.136. The minimum Gasteiger partial charge on any atom is -0.497 e. The third-order valence-corrected chi connectivity index (χ3v) is 7.63. The van der Waals surface area contributed by atoms with Gasteiger partial charge >= 0.3 is 5.97 Å². The summed E-state index contributed by atoms with van der Waals surface area (Å²) in [6, 6.07) is 32.2. The van der Waals surface area contributed by atoms with E-state index in [4.69, 9.17) is 14.2 Å².